The van der Waals surface area contributed by atoms with Crippen molar-refractivity contribution in [3.05, 3.63) is 46.5 Å². The number of aromatic amines is 1. The van der Waals surface area contributed by atoms with Gasteiger partial charge in [0.05, 0.1) is 6.61 Å². The molecule has 1 saturated heterocycles. The summed E-state index contributed by atoms with van der Waals surface area (Å²) in [5, 5.41) is 30.7. The van der Waals surface area contributed by atoms with Crippen LogP contribution in [0.3, 0.4) is 0 Å². The molecule has 28 heavy (non-hydrogen) atoms. The van der Waals surface area contributed by atoms with Gasteiger partial charge in [-0.15, -0.1) is 0 Å². The van der Waals surface area contributed by atoms with Crippen molar-refractivity contribution >= 4 is 17.1 Å². The number of aryl methyl sites for hydroxylation is 1. The second-order valence-electron chi connectivity index (χ2n) is 6.51. The number of aliphatic hydroxyl groups is 3. The van der Waals surface area contributed by atoms with E-state index in [0.717, 1.165) is 5.56 Å². The second kappa shape index (κ2) is 6.56. The first kappa shape index (κ1) is 18.4. The molecule has 4 atom stereocenters. The Bertz CT molecular complexity index is 1080. The molecule has 0 bridgehead atoms. The minimum Gasteiger partial charge on any atom is -0.441 e. The minimum atomic E-state index is -2.04. The molecule has 1 aromatic carbocycles. The number of para-hydroxylation sites is 1. The summed E-state index contributed by atoms with van der Waals surface area (Å²) < 4.78 is 13.0. The maximum Gasteiger partial charge on any atom is 0.331 e. The number of benzene rings is 1. The van der Waals surface area contributed by atoms with Gasteiger partial charge in [-0.25, -0.2) is 9.55 Å². The van der Waals surface area contributed by atoms with E-state index in [1.807, 2.05) is 0 Å². The zero-order valence-corrected chi connectivity index (χ0v) is 14.8. The Balaban J connectivity index is 1.95. The van der Waals surface area contributed by atoms with Crippen molar-refractivity contribution in [2.24, 2.45) is 0 Å². The van der Waals surface area contributed by atoms with Crippen LogP contribution in [0.2, 0.25) is 0 Å². The number of nitrogen functional groups attached to an aromatic ring is 1. The number of nitrogens with one attached hydrogen (secondary N) is 1. The summed E-state index contributed by atoms with van der Waals surface area (Å²) in [6.45, 7) is 1.22. The average molecular weight is 389 g/mol. The highest BCUT2D eigenvalue weighted by Crippen LogP contribution is 2.39. The molecular weight excluding hydrogens is 370 g/mol. The number of imidazole rings is 1. The van der Waals surface area contributed by atoms with Crippen molar-refractivity contribution in [3.8, 4) is 5.75 Å². The first-order chi connectivity index (χ1) is 13.4. The molecule has 0 spiro atoms. The lowest BCUT2D eigenvalue weighted by Gasteiger charge is -2.33. The van der Waals surface area contributed by atoms with Gasteiger partial charge in [0.25, 0.3) is 5.56 Å². The fourth-order valence-corrected chi connectivity index (χ4v) is 3.24. The van der Waals surface area contributed by atoms with Crippen molar-refractivity contribution in [1.82, 2.24) is 19.5 Å². The lowest BCUT2D eigenvalue weighted by Crippen LogP contribution is -2.50. The van der Waals surface area contributed by atoms with Crippen molar-refractivity contribution in [2.45, 2.75) is 31.1 Å². The van der Waals surface area contributed by atoms with Gasteiger partial charge < -0.3 is 30.5 Å². The number of ether oxygens (including phenoxy) is 2. The number of rotatable bonds is 4. The van der Waals surface area contributed by atoms with Crippen LogP contribution < -0.4 is 16.0 Å². The third kappa shape index (κ3) is 2.64. The smallest absolute Gasteiger partial charge is 0.331 e. The number of H-pyrrole nitrogens is 1. The number of hydrogen-bond acceptors (Lipinski definition) is 9. The molecule has 148 valence electrons. The Morgan fingerprint density at radius 2 is 2.14 bits per heavy atom. The van der Waals surface area contributed by atoms with Gasteiger partial charge in [0, 0.05) is 0 Å². The standard InChI is InChI=1S/C17H19N5O6/c1-8-4-2-3-5-9(8)27-17(13(25)12(24)10(6-23)28-17)22-7-19-11-14(22)20-16(18)21-15(11)26/h2-5,7,10,12-13,23-25H,6H2,1H3,(H3,18,20,21,26)/t10-,12-,13-,17-/m1/s1. The topological polar surface area (TPSA) is 169 Å². The van der Waals surface area contributed by atoms with Crippen LogP contribution in [0.15, 0.2) is 35.4 Å². The molecule has 0 unspecified atom stereocenters. The largest absolute Gasteiger partial charge is 0.441 e. The van der Waals surface area contributed by atoms with Crippen molar-refractivity contribution in [3.63, 3.8) is 0 Å². The summed E-state index contributed by atoms with van der Waals surface area (Å²) in [4.78, 5) is 22.5. The van der Waals surface area contributed by atoms with Gasteiger partial charge in [-0.1, -0.05) is 18.2 Å². The van der Waals surface area contributed by atoms with E-state index in [9.17, 15) is 20.1 Å². The molecule has 0 saturated carbocycles. The Hall–Kier alpha value is -2.99. The molecule has 3 aromatic rings. The predicted octanol–water partition coefficient (Wildman–Crippen LogP) is -1.19. The number of nitrogens with zero attached hydrogens (tertiary/aromatic N) is 3. The summed E-state index contributed by atoms with van der Waals surface area (Å²) in [6.07, 6.45) is -3.05. The molecule has 1 aliphatic heterocycles. The van der Waals surface area contributed by atoms with Gasteiger partial charge in [0.2, 0.25) is 5.95 Å². The zero-order valence-electron chi connectivity index (χ0n) is 14.8. The minimum absolute atomic E-state index is 0.0142. The molecular formula is C17H19N5O6. The fraction of sp³-hybridized carbons (Fsp3) is 0.353. The first-order valence-corrected chi connectivity index (χ1v) is 8.50. The van der Waals surface area contributed by atoms with Crippen LogP contribution in [0.4, 0.5) is 5.95 Å². The van der Waals surface area contributed by atoms with Gasteiger partial charge in [0.1, 0.15) is 24.3 Å². The Labute approximate surface area is 158 Å². The van der Waals surface area contributed by atoms with Crippen LogP contribution >= 0.6 is 0 Å². The van der Waals surface area contributed by atoms with Crippen molar-refractivity contribution < 1.29 is 24.8 Å². The Morgan fingerprint density at radius 1 is 1.39 bits per heavy atom. The Kier molecular flexibility index (Phi) is 4.31. The van der Waals surface area contributed by atoms with Gasteiger partial charge in [-0.2, -0.15) is 4.98 Å². The van der Waals surface area contributed by atoms with Gasteiger partial charge in [0.15, 0.2) is 17.3 Å². The molecule has 1 fully saturated rings. The van der Waals surface area contributed by atoms with Crippen LogP contribution in [0.1, 0.15) is 5.56 Å². The van der Waals surface area contributed by atoms with E-state index >= 15 is 0 Å². The van der Waals surface area contributed by atoms with E-state index in [-0.39, 0.29) is 17.1 Å². The number of hydrogen-bond donors (Lipinski definition) is 5. The number of nitrogens with two attached hydrogens (primary N) is 1. The maximum absolute atomic E-state index is 12.1. The molecule has 0 aliphatic carbocycles. The Morgan fingerprint density at radius 3 is 2.82 bits per heavy atom. The quantitative estimate of drug-likeness (QED) is 0.368. The first-order valence-electron chi connectivity index (χ1n) is 8.50. The van der Waals surface area contributed by atoms with E-state index in [4.69, 9.17) is 15.2 Å². The van der Waals surface area contributed by atoms with Crippen molar-refractivity contribution in [2.75, 3.05) is 12.3 Å². The zero-order chi connectivity index (χ0) is 20.1. The van der Waals surface area contributed by atoms with Gasteiger partial charge in [-0.3, -0.25) is 9.78 Å². The predicted molar refractivity (Wildman–Crippen MR) is 96.3 cm³/mol. The number of aliphatic hydroxyl groups excluding tert-OH is 3. The third-order valence-electron chi connectivity index (χ3n) is 4.69. The summed E-state index contributed by atoms with van der Waals surface area (Å²) in [7, 11) is 0. The molecule has 6 N–H and O–H groups in total. The summed E-state index contributed by atoms with van der Waals surface area (Å²) >= 11 is 0. The van der Waals surface area contributed by atoms with Crippen LogP contribution in [0.25, 0.3) is 11.2 Å². The number of anilines is 1. The summed E-state index contributed by atoms with van der Waals surface area (Å²) in [5.74, 6) is -1.86. The van der Waals surface area contributed by atoms with Crippen molar-refractivity contribution in [1.29, 1.82) is 0 Å². The lowest BCUT2D eigenvalue weighted by atomic mass is 10.1. The van der Waals surface area contributed by atoms with Crippen LogP contribution in [0, 0.1) is 6.92 Å². The molecule has 11 nitrogen and oxygen atoms in total. The SMILES string of the molecule is Cc1ccccc1O[C@@]1(n2cnc3c(=O)[nH]c(N)nc32)O[C@H](CO)[C@@H](O)[C@H]1O. The number of fused-ring (bicyclic) bond motifs is 1. The summed E-state index contributed by atoms with van der Waals surface area (Å²) in [6, 6.07) is 6.97. The van der Waals surface area contributed by atoms with E-state index in [2.05, 4.69) is 15.0 Å². The van der Waals surface area contributed by atoms with Crippen LogP contribution in [-0.4, -0.2) is 59.8 Å². The van der Waals surface area contributed by atoms with E-state index in [1.165, 1.54) is 10.9 Å². The van der Waals surface area contributed by atoms with Gasteiger partial charge >= 0.3 is 5.91 Å². The maximum atomic E-state index is 12.1. The number of aromatic nitrogens is 4. The molecule has 0 radical (unpaired) electrons. The highest BCUT2D eigenvalue weighted by atomic mass is 16.8. The fourth-order valence-electron chi connectivity index (χ4n) is 3.24. The molecule has 0 amide bonds. The van der Waals surface area contributed by atoms with E-state index in [1.54, 1.807) is 31.2 Å². The second-order valence-corrected chi connectivity index (χ2v) is 6.51. The summed E-state index contributed by atoms with van der Waals surface area (Å²) in [5.41, 5.74) is 5.72. The monoisotopic (exact) mass is 389 g/mol. The normalized spacial score (nSPS) is 27.4. The van der Waals surface area contributed by atoms with Crippen LogP contribution in [0.5, 0.6) is 5.75 Å². The van der Waals surface area contributed by atoms with Gasteiger partial charge in [-0.05, 0) is 18.6 Å². The van der Waals surface area contributed by atoms with E-state index < -0.39 is 36.4 Å². The molecule has 11 heteroatoms. The van der Waals surface area contributed by atoms with E-state index in [0.29, 0.717) is 5.75 Å². The third-order valence-corrected chi connectivity index (χ3v) is 4.69. The molecule has 2 aromatic heterocycles. The lowest BCUT2D eigenvalue weighted by molar-refractivity contribution is -0.268. The molecule has 4 rings (SSSR count). The van der Waals surface area contributed by atoms with Crippen LogP contribution in [-0.2, 0) is 10.6 Å². The highest BCUT2D eigenvalue weighted by molar-refractivity contribution is 5.70. The molecule has 1 aliphatic rings. The highest BCUT2D eigenvalue weighted by Gasteiger charge is 2.59. The average Bonchev–Trinajstić information content (AvgIpc) is 3.19. The molecule has 3 heterocycles.